The van der Waals surface area contributed by atoms with Crippen molar-refractivity contribution >= 4 is 5.57 Å². The van der Waals surface area contributed by atoms with Crippen molar-refractivity contribution in [2.75, 3.05) is 0 Å². The van der Waals surface area contributed by atoms with Gasteiger partial charge >= 0.3 is 0 Å². The van der Waals surface area contributed by atoms with Gasteiger partial charge in [-0.2, -0.15) is 0 Å². The Labute approximate surface area is 168 Å². The summed E-state index contributed by atoms with van der Waals surface area (Å²) in [5.41, 5.74) is 4.69. The molecule has 0 radical (unpaired) electrons. The molecule has 1 aromatic rings. The molecule has 1 unspecified atom stereocenters. The molecule has 0 nitrogen and oxygen atoms in total. The highest BCUT2D eigenvalue weighted by Gasteiger charge is 2.22. The van der Waals surface area contributed by atoms with Gasteiger partial charge in [-0.1, -0.05) is 89.1 Å². The van der Waals surface area contributed by atoms with Crippen LogP contribution in [-0.2, 0) is 0 Å². The zero-order chi connectivity index (χ0) is 18.9. The van der Waals surface area contributed by atoms with Gasteiger partial charge in [-0.15, -0.1) is 0 Å². The number of benzene rings is 1. The van der Waals surface area contributed by atoms with Gasteiger partial charge in [-0.25, -0.2) is 0 Å². The van der Waals surface area contributed by atoms with Crippen LogP contribution >= 0.6 is 0 Å². The highest BCUT2D eigenvalue weighted by Crippen LogP contribution is 2.38. The van der Waals surface area contributed by atoms with Crippen molar-refractivity contribution in [3.05, 3.63) is 41.5 Å². The number of hydrogen-bond donors (Lipinski definition) is 0. The van der Waals surface area contributed by atoms with Crippen molar-refractivity contribution in [1.82, 2.24) is 0 Å². The summed E-state index contributed by atoms with van der Waals surface area (Å²) in [4.78, 5) is 0. The summed E-state index contributed by atoms with van der Waals surface area (Å²) >= 11 is 0. The minimum absolute atomic E-state index is 0.820. The second-order valence-electron chi connectivity index (χ2n) is 9.35. The average molecular weight is 367 g/mol. The fourth-order valence-corrected chi connectivity index (χ4v) is 5.34. The van der Waals surface area contributed by atoms with Crippen molar-refractivity contribution in [3.8, 4) is 0 Å². The fourth-order valence-electron chi connectivity index (χ4n) is 5.34. The second-order valence-corrected chi connectivity index (χ2v) is 9.35. The average Bonchev–Trinajstić information content (AvgIpc) is 2.73. The van der Waals surface area contributed by atoms with Crippen LogP contribution in [0.15, 0.2) is 30.3 Å². The van der Waals surface area contributed by atoms with Crippen LogP contribution < -0.4 is 0 Å². The van der Waals surface area contributed by atoms with Gasteiger partial charge in [0.05, 0.1) is 0 Å². The van der Waals surface area contributed by atoms with Gasteiger partial charge < -0.3 is 0 Å². The van der Waals surface area contributed by atoms with Crippen LogP contribution in [0.3, 0.4) is 0 Å². The Morgan fingerprint density at radius 3 is 2.07 bits per heavy atom. The molecule has 2 aliphatic rings. The summed E-state index contributed by atoms with van der Waals surface area (Å²) in [6, 6.07) is 9.73. The Bertz CT molecular complexity index is 556. The molecule has 0 spiro atoms. The van der Waals surface area contributed by atoms with Crippen LogP contribution in [0.4, 0.5) is 0 Å². The molecule has 150 valence electrons. The quantitative estimate of drug-likeness (QED) is 0.383. The molecule has 0 aromatic heterocycles. The van der Waals surface area contributed by atoms with Crippen LogP contribution in [0.5, 0.6) is 0 Å². The molecule has 0 amide bonds. The molecule has 0 bridgehead atoms. The highest BCUT2D eigenvalue weighted by molar-refractivity contribution is 5.66. The molecule has 3 rings (SSSR count). The van der Waals surface area contributed by atoms with E-state index in [1.165, 1.54) is 95.5 Å². The van der Waals surface area contributed by atoms with Crippen molar-refractivity contribution in [2.45, 2.75) is 110 Å². The maximum atomic E-state index is 2.55. The minimum Gasteiger partial charge on any atom is -0.0804 e. The maximum Gasteiger partial charge on any atom is -0.0162 e. The first kappa shape index (κ1) is 20.7. The van der Waals surface area contributed by atoms with E-state index in [4.69, 9.17) is 0 Å². The minimum atomic E-state index is 0.820. The first-order chi connectivity index (χ1) is 13.3. The molecule has 2 aliphatic carbocycles. The van der Waals surface area contributed by atoms with Gasteiger partial charge in [0, 0.05) is 0 Å². The van der Waals surface area contributed by atoms with E-state index < -0.39 is 0 Å². The molecular formula is C27H42. The normalized spacial score (nSPS) is 26.0. The molecule has 0 heterocycles. The van der Waals surface area contributed by atoms with Crippen molar-refractivity contribution in [1.29, 1.82) is 0 Å². The monoisotopic (exact) mass is 366 g/mol. The molecule has 1 aromatic carbocycles. The molecule has 0 N–H and O–H groups in total. The van der Waals surface area contributed by atoms with E-state index in [2.05, 4.69) is 44.2 Å². The third-order valence-electron chi connectivity index (χ3n) is 7.30. The zero-order valence-electron chi connectivity index (χ0n) is 18.0. The fraction of sp³-hybridized carbons (Fsp3) is 0.704. The second kappa shape index (κ2) is 11.1. The van der Waals surface area contributed by atoms with Crippen molar-refractivity contribution < 1.29 is 0 Å². The number of rotatable bonds is 9. The number of unbranched alkanes of at least 4 members (excludes halogenated alkanes) is 3. The van der Waals surface area contributed by atoms with Crippen LogP contribution in [-0.4, -0.2) is 0 Å². The van der Waals surface area contributed by atoms with E-state index in [0.717, 1.165) is 17.8 Å². The Kier molecular flexibility index (Phi) is 8.49. The van der Waals surface area contributed by atoms with Crippen LogP contribution in [0.2, 0.25) is 0 Å². The molecule has 1 atom stereocenters. The van der Waals surface area contributed by atoms with Crippen LogP contribution in [0, 0.1) is 11.8 Å². The van der Waals surface area contributed by atoms with Gasteiger partial charge in [0.15, 0.2) is 0 Å². The lowest BCUT2D eigenvalue weighted by molar-refractivity contribution is 0.304. The standard InChI is InChI=1S/C27H42/c1-3-5-7-9-23-12-16-25(17-13-23)27-20-18-26(19-21-27)24-14-10-22(11-15-24)8-6-4-2/h16,18-24H,3-15,17H2,1-2H3. The van der Waals surface area contributed by atoms with E-state index in [9.17, 15) is 0 Å². The smallest absolute Gasteiger partial charge is 0.0162 e. The molecule has 1 fully saturated rings. The van der Waals surface area contributed by atoms with Gasteiger partial charge in [0.1, 0.15) is 0 Å². The molecule has 0 saturated heterocycles. The molecule has 0 aliphatic heterocycles. The van der Waals surface area contributed by atoms with Gasteiger partial charge in [-0.05, 0) is 79.4 Å². The molecule has 0 heteroatoms. The van der Waals surface area contributed by atoms with E-state index >= 15 is 0 Å². The molecular weight excluding hydrogens is 324 g/mol. The summed E-state index contributed by atoms with van der Waals surface area (Å²) in [6.07, 6.45) is 22.2. The van der Waals surface area contributed by atoms with E-state index in [1.54, 1.807) is 11.1 Å². The lowest BCUT2D eigenvalue weighted by Gasteiger charge is -2.29. The summed E-state index contributed by atoms with van der Waals surface area (Å²) in [6.45, 7) is 4.63. The van der Waals surface area contributed by atoms with E-state index in [1.807, 2.05) is 0 Å². The third-order valence-corrected chi connectivity index (χ3v) is 7.30. The predicted molar refractivity (Wildman–Crippen MR) is 120 cm³/mol. The summed E-state index contributed by atoms with van der Waals surface area (Å²) in [5, 5.41) is 0. The Morgan fingerprint density at radius 2 is 1.44 bits per heavy atom. The lowest BCUT2D eigenvalue weighted by atomic mass is 9.76. The molecule has 1 saturated carbocycles. The van der Waals surface area contributed by atoms with Gasteiger partial charge in [0.2, 0.25) is 0 Å². The van der Waals surface area contributed by atoms with Crippen LogP contribution in [0.25, 0.3) is 5.57 Å². The first-order valence-corrected chi connectivity index (χ1v) is 12.1. The Hall–Kier alpha value is -1.04. The first-order valence-electron chi connectivity index (χ1n) is 12.1. The lowest BCUT2D eigenvalue weighted by Crippen LogP contribution is -2.13. The van der Waals surface area contributed by atoms with Gasteiger partial charge in [-0.3, -0.25) is 0 Å². The third kappa shape index (κ3) is 6.23. The maximum absolute atomic E-state index is 2.55. The number of allylic oxidation sites excluding steroid dienone is 2. The van der Waals surface area contributed by atoms with Gasteiger partial charge in [0.25, 0.3) is 0 Å². The summed E-state index contributed by atoms with van der Waals surface area (Å²) < 4.78 is 0. The molecule has 27 heavy (non-hydrogen) atoms. The highest BCUT2D eigenvalue weighted by atomic mass is 14.3. The Morgan fingerprint density at radius 1 is 0.741 bits per heavy atom. The van der Waals surface area contributed by atoms with Crippen molar-refractivity contribution in [3.63, 3.8) is 0 Å². The summed E-state index contributed by atoms with van der Waals surface area (Å²) in [7, 11) is 0. The zero-order valence-corrected chi connectivity index (χ0v) is 18.0. The largest absolute Gasteiger partial charge is 0.0804 e. The predicted octanol–water partition coefficient (Wildman–Crippen LogP) is 8.91. The van der Waals surface area contributed by atoms with E-state index in [-0.39, 0.29) is 0 Å². The van der Waals surface area contributed by atoms with Crippen molar-refractivity contribution in [2.24, 2.45) is 11.8 Å². The van der Waals surface area contributed by atoms with E-state index in [0.29, 0.717) is 0 Å². The number of hydrogen-bond acceptors (Lipinski definition) is 0. The Balaban J connectivity index is 1.48. The SMILES string of the molecule is CCCCCC1CC=C(c2ccc(C3CCC(CCCC)CC3)cc2)CC1. The van der Waals surface area contributed by atoms with Crippen LogP contribution in [0.1, 0.15) is 121 Å². The summed E-state index contributed by atoms with van der Waals surface area (Å²) in [5.74, 6) is 2.78. The topological polar surface area (TPSA) is 0 Å².